The number of aromatic nitrogens is 3. The SMILES string of the molecule is COc1ccc(-c2nc(SCC(=O)c3ccc4c(c3)NC(=O)CO4)n[nH]2)c(OC)c1. The van der Waals surface area contributed by atoms with Crippen molar-refractivity contribution in [1.29, 1.82) is 0 Å². The molecule has 0 radical (unpaired) electrons. The number of hydrogen-bond acceptors (Lipinski definition) is 8. The number of nitrogens with zero attached hydrogens (tertiary/aromatic N) is 2. The van der Waals surface area contributed by atoms with Gasteiger partial charge in [0, 0.05) is 11.6 Å². The van der Waals surface area contributed by atoms with Crippen molar-refractivity contribution >= 4 is 29.1 Å². The van der Waals surface area contributed by atoms with Crippen LogP contribution in [-0.4, -0.2) is 53.5 Å². The molecule has 0 atom stereocenters. The highest BCUT2D eigenvalue weighted by Gasteiger charge is 2.19. The van der Waals surface area contributed by atoms with E-state index in [4.69, 9.17) is 14.2 Å². The minimum atomic E-state index is -0.247. The summed E-state index contributed by atoms with van der Waals surface area (Å²) in [6, 6.07) is 10.3. The quantitative estimate of drug-likeness (QED) is 0.438. The van der Waals surface area contributed by atoms with Crippen LogP contribution in [0.25, 0.3) is 11.4 Å². The largest absolute Gasteiger partial charge is 0.497 e. The average Bonchev–Trinajstić information content (AvgIpc) is 3.25. The van der Waals surface area contributed by atoms with Crippen LogP contribution in [-0.2, 0) is 4.79 Å². The molecule has 0 saturated heterocycles. The van der Waals surface area contributed by atoms with Gasteiger partial charge in [0.05, 0.1) is 31.2 Å². The lowest BCUT2D eigenvalue weighted by Crippen LogP contribution is -2.25. The molecular formula is C20H18N4O5S. The topological polar surface area (TPSA) is 115 Å². The minimum absolute atomic E-state index is 0.0255. The van der Waals surface area contributed by atoms with Crippen molar-refractivity contribution in [2.45, 2.75) is 5.16 Å². The van der Waals surface area contributed by atoms with Gasteiger partial charge in [-0.25, -0.2) is 4.98 Å². The molecule has 1 aromatic heterocycles. The van der Waals surface area contributed by atoms with Crippen LogP contribution in [0.2, 0.25) is 0 Å². The van der Waals surface area contributed by atoms with E-state index in [1.807, 2.05) is 6.07 Å². The summed E-state index contributed by atoms with van der Waals surface area (Å²) in [5.74, 6) is 2.12. The third-order valence-electron chi connectivity index (χ3n) is 4.40. The fourth-order valence-electron chi connectivity index (χ4n) is 2.90. The molecule has 10 heteroatoms. The van der Waals surface area contributed by atoms with E-state index in [1.165, 1.54) is 11.8 Å². The Hall–Kier alpha value is -3.53. The number of carbonyl (C=O) groups is 2. The molecule has 0 unspecified atom stereocenters. The van der Waals surface area contributed by atoms with Gasteiger partial charge in [0.15, 0.2) is 18.2 Å². The fourth-order valence-corrected chi connectivity index (χ4v) is 3.59. The Morgan fingerprint density at radius 3 is 2.87 bits per heavy atom. The molecule has 0 fully saturated rings. The smallest absolute Gasteiger partial charge is 0.262 e. The minimum Gasteiger partial charge on any atom is -0.497 e. The van der Waals surface area contributed by atoms with E-state index in [2.05, 4.69) is 20.5 Å². The third kappa shape index (κ3) is 4.08. The van der Waals surface area contributed by atoms with E-state index >= 15 is 0 Å². The Kier molecular flexibility index (Phi) is 5.57. The number of aromatic amines is 1. The first kappa shape index (κ1) is 19.8. The Morgan fingerprint density at radius 2 is 2.07 bits per heavy atom. The first-order chi connectivity index (χ1) is 14.6. The molecule has 0 spiro atoms. The molecule has 0 bridgehead atoms. The number of fused-ring (bicyclic) bond motifs is 1. The fraction of sp³-hybridized carbons (Fsp3) is 0.200. The van der Waals surface area contributed by atoms with E-state index in [1.54, 1.807) is 44.6 Å². The van der Waals surface area contributed by atoms with Gasteiger partial charge in [0.25, 0.3) is 5.91 Å². The van der Waals surface area contributed by atoms with Gasteiger partial charge in [0.2, 0.25) is 5.16 Å². The van der Waals surface area contributed by atoms with Gasteiger partial charge in [-0.15, -0.1) is 5.10 Å². The normalized spacial score (nSPS) is 12.5. The second-order valence-corrected chi connectivity index (χ2v) is 7.23. The van der Waals surface area contributed by atoms with Crippen molar-refractivity contribution < 1.29 is 23.8 Å². The molecular weight excluding hydrogens is 408 g/mol. The molecule has 2 N–H and O–H groups in total. The van der Waals surface area contributed by atoms with Crippen molar-refractivity contribution in [3.05, 3.63) is 42.0 Å². The number of H-pyrrole nitrogens is 1. The summed E-state index contributed by atoms with van der Waals surface area (Å²) in [4.78, 5) is 28.5. The summed E-state index contributed by atoms with van der Waals surface area (Å²) in [6.07, 6.45) is 0. The van der Waals surface area contributed by atoms with Crippen LogP contribution in [0, 0.1) is 0 Å². The Morgan fingerprint density at radius 1 is 1.20 bits per heavy atom. The molecule has 0 saturated carbocycles. The zero-order chi connectivity index (χ0) is 21.1. The number of carbonyl (C=O) groups excluding carboxylic acids is 2. The maximum absolute atomic E-state index is 12.6. The highest BCUT2D eigenvalue weighted by Crippen LogP contribution is 2.32. The summed E-state index contributed by atoms with van der Waals surface area (Å²) in [5, 5.41) is 10.2. The average molecular weight is 426 g/mol. The van der Waals surface area contributed by atoms with Gasteiger partial charge in [0.1, 0.15) is 17.2 Å². The van der Waals surface area contributed by atoms with Crippen LogP contribution in [0.4, 0.5) is 5.69 Å². The van der Waals surface area contributed by atoms with Crippen LogP contribution in [0.1, 0.15) is 10.4 Å². The Bertz CT molecular complexity index is 1110. The van der Waals surface area contributed by atoms with Gasteiger partial charge < -0.3 is 19.5 Å². The lowest BCUT2D eigenvalue weighted by Gasteiger charge is -2.18. The van der Waals surface area contributed by atoms with Crippen LogP contribution in [0.15, 0.2) is 41.6 Å². The monoisotopic (exact) mass is 426 g/mol. The second-order valence-electron chi connectivity index (χ2n) is 6.29. The number of rotatable bonds is 7. The Labute approximate surface area is 176 Å². The first-order valence-electron chi connectivity index (χ1n) is 8.95. The number of methoxy groups -OCH3 is 2. The van der Waals surface area contributed by atoms with E-state index in [9.17, 15) is 9.59 Å². The number of anilines is 1. The summed E-state index contributed by atoms with van der Waals surface area (Å²) in [7, 11) is 3.15. The zero-order valence-electron chi connectivity index (χ0n) is 16.2. The summed E-state index contributed by atoms with van der Waals surface area (Å²) < 4.78 is 15.9. The molecule has 1 aliphatic rings. The number of benzene rings is 2. The van der Waals surface area contributed by atoms with Gasteiger partial charge in [-0.1, -0.05) is 11.8 Å². The Balaban J connectivity index is 1.44. The third-order valence-corrected chi connectivity index (χ3v) is 5.24. The zero-order valence-corrected chi connectivity index (χ0v) is 17.0. The second kappa shape index (κ2) is 8.46. The molecule has 30 heavy (non-hydrogen) atoms. The number of ether oxygens (including phenoxy) is 3. The van der Waals surface area contributed by atoms with Crippen molar-refractivity contribution in [1.82, 2.24) is 15.2 Å². The van der Waals surface area contributed by atoms with E-state index < -0.39 is 0 Å². The highest BCUT2D eigenvalue weighted by molar-refractivity contribution is 7.99. The lowest BCUT2D eigenvalue weighted by atomic mass is 10.1. The van der Waals surface area contributed by atoms with E-state index in [0.29, 0.717) is 39.5 Å². The molecule has 1 amide bonds. The maximum Gasteiger partial charge on any atom is 0.262 e. The van der Waals surface area contributed by atoms with Crippen molar-refractivity contribution in [2.75, 3.05) is 31.9 Å². The van der Waals surface area contributed by atoms with Crippen LogP contribution in [0.5, 0.6) is 17.2 Å². The van der Waals surface area contributed by atoms with Gasteiger partial charge in [-0.2, -0.15) is 0 Å². The number of Topliss-reactive ketones (excluding diaryl/α,β-unsaturated/α-hetero) is 1. The molecule has 1 aliphatic heterocycles. The molecule has 2 heterocycles. The van der Waals surface area contributed by atoms with Crippen molar-refractivity contribution in [3.63, 3.8) is 0 Å². The van der Waals surface area contributed by atoms with E-state index in [-0.39, 0.29) is 24.1 Å². The maximum atomic E-state index is 12.6. The molecule has 0 aliphatic carbocycles. The molecule has 3 aromatic rings. The van der Waals surface area contributed by atoms with Crippen LogP contribution < -0.4 is 19.5 Å². The summed E-state index contributed by atoms with van der Waals surface area (Å²) in [5.41, 5.74) is 1.70. The molecule has 4 rings (SSSR count). The van der Waals surface area contributed by atoms with Gasteiger partial charge in [-0.3, -0.25) is 14.7 Å². The molecule has 154 valence electrons. The molecule has 2 aromatic carbocycles. The van der Waals surface area contributed by atoms with E-state index in [0.717, 1.165) is 5.56 Å². The highest BCUT2D eigenvalue weighted by atomic mass is 32.2. The molecule has 9 nitrogen and oxygen atoms in total. The van der Waals surface area contributed by atoms with Crippen LogP contribution in [0.3, 0.4) is 0 Å². The van der Waals surface area contributed by atoms with Crippen molar-refractivity contribution in [3.8, 4) is 28.6 Å². The van der Waals surface area contributed by atoms with Gasteiger partial charge >= 0.3 is 0 Å². The number of thioether (sulfide) groups is 1. The number of amides is 1. The standard InChI is InChI=1S/C20H18N4O5S/c1-27-12-4-5-13(17(8-12)28-2)19-22-20(24-23-19)30-10-15(25)11-3-6-16-14(7-11)21-18(26)9-29-16/h3-8H,9-10H2,1-2H3,(H,21,26)(H,22,23,24). The number of hydrogen-bond donors (Lipinski definition) is 2. The lowest BCUT2D eigenvalue weighted by molar-refractivity contribution is -0.118. The summed E-state index contributed by atoms with van der Waals surface area (Å²) >= 11 is 1.21. The van der Waals surface area contributed by atoms with Gasteiger partial charge in [-0.05, 0) is 30.3 Å². The summed E-state index contributed by atoms with van der Waals surface area (Å²) in [6.45, 7) is -0.0255. The predicted octanol–water partition coefficient (Wildman–Crippen LogP) is 2.79. The van der Waals surface area contributed by atoms with Crippen molar-refractivity contribution in [2.24, 2.45) is 0 Å². The first-order valence-corrected chi connectivity index (χ1v) is 9.93. The number of ketones is 1. The predicted molar refractivity (Wildman–Crippen MR) is 111 cm³/mol. The van der Waals surface area contributed by atoms with Crippen LogP contribution >= 0.6 is 11.8 Å². The number of nitrogens with one attached hydrogen (secondary N) is 2.